The van der Waals surface area contributed by atoms with Crippen LogP contribution in [0, 0.1) is 12.8 Å². The molecule has 1 saturated heterocycles. The van der Waals surface area contributed by atoms with E-state index in [-0.39, 0.29) is 24.0 Å². The maximum absolute atomic E-state index is 12.5. The summed E-state index contributed by atoms with van der Waals surface area (Å²) in [5, 5.41) is 10.3. The van der Waals surface area contributed by atoms with Crippen molar-refractivity contribution in [1.82, 2.24) is 13.9 Å². The van der Waals surface area contributed by atoms with Crippen LogP contribution in [0.4, 0.5) is 0 Å². The van der Waals surface area contributed by atoms with Gasteiger partial charge in [-0.3, -0.25) is 0 Å². The van der Waals surface area contributed by atoms with E-state index >= 15 is 0 Å². The fourth-order valence-electron chi connectivity index (χ4n) is 2.82. The lowest BCUT2D eigenvalue weighted by Gasteiger charge is -2.45. The van der Waals surface area contributed by atoms with E-state index in [0.717, 1.165) is 25.8 Å². The molecule has 1 N–H and O–H groups in total. The minimum Gasteiger partial charge on any atom is -0.387 e. The number of hydrogen-bond donors (Lipinski definition) is 1. The summed E-state index contributed by atoms with van der Waals surface area (Å²) in [5.74, 6) is 0.997. The number of rotatable bonds is 5. The van der Waals surface area contributed by atoms with Crippen LogP contribution in [-0.4, -0.2) is 46.1 Å². The van der Waals surface area contributed by atoms with Gasteiger partial charge in [-0.15, -0.1) is 0 Å². The van der Waals surface area contributed by atoms with E-state index in [1.165, 1.54) is 4.31 Å². The molecule has 2 fully saturated rings. The summed E-state index contributed by atoms with van der Waals surface area (Å²) >= 11 is 0. The topological polar surface area (TPSA) is 75.4 Å². The van der Waals surface area contributed by atoms with Gasteiger partial charge in [-0.1, -0.05) is 6.92 Å². The monoisotopic (exact) mass is 299 g/mol. The van der Waals surface area contributed by atoms with E-state index in [4.69, 9.17) is 0 Å². The second-order valence-electron chi connectivity index (χ2n) is 5.97. The maximum Gasteiger partial charge on any atom is 0.262 e. The second kappa shape index (κ2) is 4.54. The van der Waals surface area contributed by atoms with Crippen LogP contribution in [0.25, 0.3) is 0 Å². The first-order valence-electron chi connectivity index (χ1n) is 7.13. The van der Waals surface area contributed by atoms with E-state index in [9.17, 15) is 13.5 Å². The molecule has 0 amide bonds. The average Bonchev–Trinajstić information content (AvgIpc) is 3.12. The minimum absolute atomic E-state index is 0.0984. The maximum atomic E-state index is 12.5. The number of nitrogens with zero attached hydrogens (tertiary/aromatic N) is 3. The van der Waals surface area contributed by atoms with E-state index in [2.05, 4.69) is 4.98 Å². The lowest BCUT2D eigenvalue weighted by atomic mass is 9.91. The molecule has 1 saturated carbocycles. The number of imidazole rings is 1. The van der Waals surface area contributed by atoms with E-state index in [1.807, 2.05) is 18.4 Å². The highest BCUT2D eigenvalue weighted by Crippen LogP contribution is 2.45. The molecule has 7 heteroatoms. The first-order valence-corrected chi connectivity index (χ1v) is 8.57. The third kappa shape index (κ3) is 2.17. The number of β-amino-alcohol motifs (C(OH)–C–C–N with tert-alkyl or cyclic N) is 1. The van der Waals surface area contributed by atoms with Crippen LogP contribution in [0.1, 0.15) is 32.0 Å². The first kappa shape index (κ1) is 14.0. The molecule has 0 spiro atoms. The normalized spacial score (nSPS) is 22.8. The van der Waals surface area contributed by atoms with Gasteiger partial charge in [0.15, 0.2) is 5.03 Å². The standard InChI is InChI=1S/C13H21N3O3S/c1-3-6-15-7-12(14-10(15)2)20(18,19)16-8-13(17,9-16)11-4-5-11/h7,11,17H,3-6,8-9H2,1-2H3. The molecule has 0 atom stereocenters. The number of sulfonamides is 1. The average molecular weight is 299 g/mol. The van der Waals surface area contributed by atoms with Crippen molar-refractivity contribution in [3.63, 3.8) is 0 Å². The van der Waals surface area contributed by atoms with E-state index < -0.39 is 15.6 Å². The molecule has 1 aromatic rings. The van der Waals surface area contributed by atoms with Gasteiger partial charge in [0.25, 0.3) is 10.0 Å². The van der Waals surface area contributed by atoms with Gasteiger partial charge in [0.05, 0.1) is 5.60 Å². The molecule has 6 nitrogen and oxygen atoms in total. The fourth-order valence-corrected chi connectivity index (χ4v) is 4.38. The van der Waals surface area contributed by atoms with Crippen molar-refractivity contribution in [1.29, 1.82) is 0 Å². The number of aryl methyl sites for hydroxylation is 2. The molecule has 2 heterocycles. The van der Waals surface area contributed by atoms with Crippen molar-refractivity contribution in [2.75, 3.05) is 13.1 Å². The fraction of sp³-hybridized carbons (Fsp3) is 0.769. The summed E-state index contributed by atoms with van der Waals surface area (Å²) in [7, 11) is -3.56. The Hall–Kier alpha value is -0.920. The third-order valence-electron chi connectivity index (χ3n) is 4.26. The van der Waals surface area contributed by atoms with Gasteiger partial charge < -0.3 is 9.67 Å². The molecule has 112 valence electrons. The minimum atomic E-state index is -3.56. The van der Waals surface area contributed by atoms with Crippen LogP contribution < -0.4 is 0 Å². The van der Waals surface area contributed by atoms with E-state index in [1.54, 1.807) is 6.20 Å². The molecule has 0 unspecified atom stereocenters. The van der Waals surface area contributed by atoms with Crippen molar-refractivity contribution < 1.29 is 13.5 Å². The molecule has 0 bridgehead atoms. The molecule has 3 rings (SSSR count). The smallest absolute Gasteiger partial charge is 0.262 e. The zero-order valence-electron chi connectivity index (χ0n) is 11.9. The number of hydrogen-bond acceptors (Lipinski definition) is 4. The van der Waals surface area contributed by atoms with Crippen molar-refractivity contribution in [3.8, 4) is 0 Å². The summed E-state index contributed by atoms with van der Waals surface area (Å²) in [5.41, 5.74) is -0.798. The third-order valence-corrected chi connectivity index (χ3v) is 5.92. The van der Waals surface area contributed by atoms with Gasteiger partial charge in [0.2, 0.25) is 0 Å². The Labute approximate surface area is 119 Å². The predicted molar refractivity (Wildman–Crippen MR) is 73.7 cm³/mol. The van der Waals surface area contributed by atoms with Gasteiger partial charge in [-0.2, -0.15) is 4.31 Å². The number of aromatic nitrogens is 2. The SMILES string of the molecule is CCCn1cc(S(=O)(=O)N2CC(O)(C3CC3)C2)nc1C. The summed E-state index contributed by atoms with van der Waals surface area (Å²) < 4.78 is 28.1. The molecule has 1 aliphatic heterocycles. The lowest BCUT2D eigenvalue weighted by molar-refractivity contribution is -0.0765. The Balaban J connectivity index is 1.77. The molecule has 0 radical (unpaired) electrons. The van der Waals surface area contributed by atoms with Crippen molar-refractivity contribution in [2.24, 2.45) is 5.92 Å². The van der Waals surface area contributed by atoms with Crippen LogP contribution in [0.2, 0.25) is 0 Å². The molecule has 1 aliphatic carbocycles. The van der Waals surface area contributed by atoms with Gasteiger partial charge in [0, 0.05) is 25.8 Å². The van der Waals surface area contributed by atoms with Crippen molar-refractivity contribution in [3.05, 3.63) is 12.0 Å². The van der Waals surface area contributed by atoms with Crippen LogP contribution in [0.5, 0.6) is 0 Å². The second-order valence-corrected chi connectivity index (χ2v) is 7.86. The lowest BCUT2D eigenvalue weighted by Crippen LogP contribution is -2.64. The van der Waals surface area contributed by atoms with Crippen LogP contribution in [-0.2, 0) is 16.6 Å². The highest BCUT2D eigenvalue weighted by molar-refractivity contribution is 7.89. The molecule has 2 aliphatic rings. The van der Waals surface area contributed by atoms with Crippen molar-refractivity contribution >= 4 is 10.0 Å². The summed E-state index contributed by atoms with van der Waals surface area (Å²) in [6.07, 6.45) is 4.55. The Bertz CT molecular complexity index is 613. The summed E-state index contributed by atoms with van der Waals surface area (Å²) in [6.45, 7) is 5.03. The Morgan fingerprint density at radius 2 is 2.10 bits per heavy atom. The Morgan fingerprint density at radius 1 is 1.45 bits per heavy atom. The number of aliphatic hydroxyl groups is 1. The van der Waals surface area contributed by atoms with Crippen LogP contribution in [0.3, 0.4) is 0 Å². The molecule has 0 aromatic carbocycles. The van der Waals surface area contributed by atoms with Gasteiger partial charge in [0.1, 0.15) is 5.82 Å². The van der Waals surface area contributed by atoms with Crippen LogP contribution >= 0.6 is 0 Å². The molecule has 20 heavy (non-hydrogen) atoms. The highest BCUT2D eigenvalue weighted by Gasteiger charge is 2.55. The summed E-state index contributed by atoms with van der Waals surface area (Å²) in [6, 6.07) is 0. The first-order chi connectivity index (χ1) is 9.37. The Morgan fingerprint density at radius 3 is 2.65 bits per heavy atom. The van der Waals surface area contributed by atoms with Gasteiger partial charge >= 0.3 is 0 Å². The Kier molecular flexibility index (Phi) is 3.19. The molecule has 1 aromatic heterocycles. The largest absolute Gasteiger partial charge is 0.387 e. The van der Waals surface area contributed by atoms with Gasteiger partial charge in [-0.25, -0.2) is 13.4 Å². The predicted octanol–water partition coefficient (Wildman–Crippen LogP) is 0.747. The zero-order chi connectivity index (χ0) is 14.5. The molecular formula is C13H21N3O3S. The highest BCUT2D eigenvalue weighted by atomic mass is 32.2. The van der Waals surface area contributed by atoms with Crippen LogP contribution in [0.15, 0.2) is 11.2 Å². The van der Waals surface area contributed by atoms with E-state index in [0.29, 0.717) is 5.82 Å². The quantitative estimate of drug-likeness (QED) is 0.870. The van der Waals surface area contributed by atoms with Crippen molar-refractivity contribution in [2.45, 2.75) is 50.3 Å². The van der Waals surface area contributed by atoms with Gasteiger partial charge in [-0.05, 0) is 32.1 Å². The molecular weight excluding hydrogens is 278 g/mol. The zero-order valence-corrected chi connectivity index (χ0v) is 12.7. The summed E-state index contributed by atoms with van der Waals surface area (Å²) in [4.78, 5) is 4.16.